The first-order valence-corrected chi connectivity index (χ1v) is 17.0. The number of anilines is 2. The molecule has 2 aliphatic heterocycles. The summed E-state index contributed by atoms with van der Waals surface area (Å²) in [6, 6.07) is 28.5. The summed E-state index contributed by atoms with van der Waals surface area (Å²) < 4.78 is 38.9. The highest BCUT2D eigenvalue weighted by Crippen LogP contribution is 2.37. The van der Waals surface area contributed by atoms with E-state index in [1.807, 2.05) is 91.0 Å². The Morgan fingerprint density at radius 3 is 1.85 bits per heavy atom. The van der Waals surface area contributed by atoms with Crippen molar-refractivity contribution in [3.63, 3.8) is 0 Å². The van der Waals surface area contributed by atoms with Gasteiger partial charge in [-0.25, -0.2) is 4.98 Å². The highest BCUT2D eigenvalue weighted by molar-refractivity contribution is 5.82. The fourth-order valence-corrected chi connectivity index (χ4v) is 6.38. The van der Waals surface area contributed by atoms with Crippen LogP contribution in [0.1, 0.15) is 22.9 Å². The van der Waals surface area contributed by atoms with Gasteiger partial charge in [0.2, 0.25) is 5.95 Å². The minimum absolute atomic E-state index is 0.00999. The number of aliphatic hydroxyl groups is 3. The zero-order valence-electron chi connectivity index (χ0n) is 28.2. The van der Waals surface area contributed by atoms with Crippen LogP contribution in [0.15, 0.2) is 97.3 Å². The Morgan fingerprint density at radius 2 is 1.23 bits per heavy atom. The van der Waals surface area contributed by atoms with Gasteiger partial charge in [0.15, 0.2) is 24.0 Å². The van der Waals surface area contributed by atoms with Crippen LogP contribution in [0.25, 0.3) is 11.2 Å². The van der Waals surface area contributed by atoms with Gasteiger partial charge in [-0.2, -0.15) is 9.97 Å². The maximum Gasteiger partial charge on any atom is 0.224 e. The van der Waals surface area contributed by atoms with E-state index in [1.54, 1.807) is 0 Å². The molecule has 0 spiro atoms. The zero-order valence-corrected chi connectivity index (χ0v) is 28.2. The van der Waals surface area contributed by atoms with Crippen molar-refractivity contribution in [3.8, 4) is 0 Å². The second kappa shape index (κ2) is 16.4. The van der Waals surface area contributed by atoms with Crippen LogP contribution >= 0.6 is 0 Å². The SMILES string of the molecule is Nc1nc(N)c2ncn([C@@H]3O[C@H](COCc4ccccc4)[C@@H](O[C@H]4O[C@H](COCc5ccccc5)[C@@H](O)[C@H](O)[C@H]4OCc4ccccc4)[C@H]3O)c2n1. The van der Waals surface area contributed by atoms with Gasteiger partial charge in [0.1, 0.15) is 48.2 Å². The first kappa shape index (κ1) is 35.8. The van der Waals surface area contributed by atoms with Crippen molar-refractivity contribution in [1.82, 2.24) is 19.5 Å². The third-order valence-electron chi connectivity index (χ3n) is 9.06. The lowest BCUT2D eigenvalue weighted by Gasteiger charge is -2.43. The van der Waals surface area contributed by atoms with Crippen molar-refractivity contribution in [2.45, 2.75) is 75.1 Å². The zero-order chi connectivity index (χ0) is 36.0. The molecule has 0 saturated carbocycles. The third kappa shape index (κ3) is 8.08. The highest BCUT2D eigenvalue weighted by atomic mass is 16.7. The highest BCUT2D eigenvalue weighted by Gasteiger charge is 2.52. The lowest BCUT2D eigenvalue weighted by molar-refractivity contribution is -0.329. The summed E-state index contributed by atoms with van der Waals surface area (Å²) in [5.41, 5.74) is 15.2. The number of nitrogens with two attached hydrogens (primary N) is 2. The summed E-state index contributed by atoms with van der Waals surface area (Å²) in [6.07, 6.45) is -9.17. The molecule has 0 amide bonds. The van der Waals surface area contributed by atoms with Gasteiger partial charge in [-0.05, 0) is 16.7 Å². The topological polar surface area (TPSA) is 212 Å². The number of nitrogen functional groups attached to an aromatic ring is 2. The van der Waals surface area contributed by atoms with Gasteiger partial charge in [-0.1, -0.05) is 91.0 Å². The standard InChI is InChI=1S/C37H42N6O9/c38-33-27-34(42-37(39)41-33)43(21-40-27)35-30(46)31(26(50-35)20-48-17-23-12-6-2-7-13-23)52-36-32(49-18-24-14-8-3-9-15-24)29(45)28(44)25(51-36)19-47-16-22-10-4-1-5-11-22/h1-15,21,25-26,28-32,35-36,44-46H,16-20H2,(H4,38,39,41,42)/t25-,26-,28-,29+,30-,31-,32-,35-,36-/m1/s1. The molecule has 274 valence electrons. The van der Waals surface area contributed by atoms with E-state index < -0.39 is 55.2 Å². The maximum absolute atomic E-state index is 11.9. The van der Waals surface area contributed by atoms with Gasteiger partial charge < -0.3 is 55.2 Å². The molecule has 2 saturated heterocycles. The molecule has 15 heteroatoms. The Kier molecular flexibility index (Phi) is 11.3. The van der Waals surface area contributed by atoms with Crippen LogP contribution in [-0.2, 0) is 48.2 Å². The molecule has 2 aromatic heterocycles. The van der Waals surface area contributed by atoms with E-state index in [9.17, 15) is 15.3 Å². The summed E-state index contributed by atoms with van der Waals surface area (Å²) in [7, 11) is 0. The fraction of sp³-hybridized carbons (Fsp3) is 0.378. The predicted octanol–water partition coefficient (Wildman–Crippen LogP) is 2.10. The molecule has 52 heavy (non-hydrogen) atoms. The minimum atomic E-state index is -1.43. The molecule has 9 atom stereocenters. The number of ether oxygens (including phenoxy) is 6. The van der Waals surface area contributed by atoms with E-state index in [4.69, 9.17) is 39.9 Å². The summed E-state index contributed by atoms with van der Waals surface area (Å²) >= 11 is 0. The van der Waals surface area contributed by atoms with Crippen LogP contribution in [0.4, 0.5) is 11.8 Å². The Morgan fingerprint density at radius 1 is 0.654 bits per heavy atom. The molecule has 15 nitrogen and oxygen atoms in total. The molecule has 0 aliphatic carbocycles. The Hall–Kier alpha value is -4.55. The van der Waals surface area contributed by atoms with Gasteiger partial charge in [0.05, 0.1) is 39.4 Å². The van der Waals surface area contributed by atoms with Crippen LogP contribution in [0.2, 0.25) is 0 Å². The van der Waals surface area contributed by atoms with E-state index in [2.05, 4.69) is 15.0 Å². The molecule has 7 rings (SSSR count). The number of hydrogen-bond acceptors (Lipinski definition) is 14. The van der Waals surface area contributed by atoms with Crippen LogP contribution < -0.4 is 11.5 Å². The van der Waals surface area contributed by atoms with E-state index in [0.29, 0.717) is 0 Å². The third-order valence-corrected chi connectivity index (χ3v) is 9.06. The summed E-state index contributed by atoms with van der Waals surface area (Å²) in [6.45, 7) is 0.580. The Balaban J connectivity index is 1.14. The smallest absolute Gasteiger partial charge is 0.224 e. The quantitative estimate of drug-likeness (QED) is 0.112. The van der Waals surface area contributed by atoms with Gasteiger partial charge in [-0.3, -0.25) is 4.57 Å². The maximum atomic E-state index is 11.9. The molecule has 5 aromatic rings. The number of imidazole rings is 1. The molecule has 0 bridgehead atoms. The van der Waals surface area contributed by atoms with Crippen molar-refractivity contribution < 1.29 is 43.7 Å². The molecule has 3 aromatic carbocycles. The van der Waals surface area contributed by atoms with Crippen molar-refractivity contribution in [1.29, 1.82) is 0 Å². The van der Waals surface area contributed by atoms with E-state index in [1.165, 1.54) is 10.9 Å². The van der Waals surface area contributed by atoms with Gasteiger partial charge in [0.25, 0.3) is 0 Å². The monoisotopic (exact) mass is 714 g/mol. The molecular formula is C37H42N6O9. The normalized spacial score (nSPS) is 27.6. The Bertz CT molecular complexity index is 1870. The number of aliphatic hydroxyl groups excluding tert-OH is 3. The van der Waals surface area contributed by atoms with Crippen molar-refractivity contribution in [2.24, 2.45) is 0 Å². The largest absolute Gasteiger partial charge is 0.387 e. The number of hydrogen-bond donors (Lipinski definition) is 5. The lowest BCUT2D eigenvalue weighted by atomic mass is 9.98. The van der Waals surface area contributed by atoms with E-state index in [-0.39, 0.29) is 56.0 Å². The van der Waals surface area contributed by atoms with Crippen LogP contribution in [0.5, 0.6) is 0 Å². The van der Waals surface area contributed by atoms with Gasteiger partial charge in [-0.15, -0.1) is 0 Å². The number of fused-ring (bicyclic) bond motifs is 1. The second-order valence-corrected chi connectivity index (χ2v) is 12.7. The molecule has 7 N–H and O–H groups in total. The Labute approximate surface area is 299 Å². The van der Waals surface area contributed by atoms with Crippen molar-refractivity contribution in [2.75, 3.05) is 24.7 Å². The van der Waals surface area contributed by atoms with Crippen molar-refractivity contribution in [3.05, 3.63) is 114 Å². The predicted molar refractivity (Wildman–Crippen MR) is 187 cm³/mol. The lowest BCUT2D eigenvalue weighted by Crippen LogP contribution is -2.61. The van der Waals surface area contributed by atoms with Crippen LogP contribution in [0.3, 0.4) is 0 Å². The minimum Gasteiger partial charge on any atom is -0.387 e. The fourth-order valence-electron chi connectivity index (χ4n) is 6.38. The average molecular weight is 715 g/mol. The summed E-state index contributed by atoms with van der Waals surface area (Å²) in [5, 5.41) is 34.5. The molecule has 0 radical (unpaired) electrons. The molecule has 0 unspecified atom stereocenters. The first-order valence-electron chi connectivity index (χ1n) is 17.0. The first-order chi connectivity index (χ1) is 25.4. The number of aromatic nitrogens is 4. The van der Waals surface area contributed by atoms with Crippen molar-refractivity contribution >= 4 is 22.9 Å². The van der Waals surface area contributed by atoms with E-state index in [0.717, 1.165) is 16.7 Å². The average Bonchev–Trinajstić information content (AvgIpc) is 3.71. The van der Waals surface area contributed by atoms with Crippen LogP contribution in [-0.4, -0.2) is 97.1 Å². The molecule has 4 heterocycles. The molecule has 2 fully saturated rings. The van der Waals surface area contributed by atoms with Crippen LogP contribution in [0, 0.1) is 0 Å². The molecular weight excluding hydrogens is 672 g/mol. The number of nitrogens with zero attached hydrogens (tertiary/aromatic N) is 4. The molecule has 2 aliphatic rings. The van der Waals surface area contributed by atoms with Gasteiger partial charge >= 0.3 is 0 Å². The van der Waals surface area contributed by atoms with E-state index >= 15 is 0 Å². The number of rotatable bonds is 14. The van der Waals surface area contributed by atoms with Gasteiger partial charge in [0, 0.05) is 0 Å². The summed E-state index contributed by atoms with van der Waals surface area (Å²) in [5.74, 6) is 0.00299. The number of benzene rings is 3. The second-order valence-electron chi connectivity index (χ2n) is 12.7. The summed E-state index contributed by atoms with van der Waals surface area (Å²) in [4.78, 5) is 12.6.